The third-order valence-electron chi connectivity index (χ3n) is 4.27. The van der Waals surface area contributed by atoms with Gasteiger partial charge in [0.05, 0.1) is 18.6 Å². The molecule has 0 radical (unpaired) electrons. The van der Waals surface area contributed by atoms with Crippen LogP contribution in [0.3, 0.4) is 0 Å². The standard InChI is InChI=1S/C14H26O3S/c1-5-6-7-11(12(15)17-4)14(16)10-18-9-8-13(14,2)3/h11,16H,5-10H2,1-4H3. The molecule has 0 amide bonds. The molecule has 0 spiro atoms. The van der Waals surface area contributed by atoms with E-state index >= 15 is 0 Å². The molecule has 2 unspecified atom stereocenters. The highest BCUT2D eigenvalue weighted by molar-refractivity contribution is 7.99. The summed E-state index contributed by atoms with van der Waals surface area (Å²) < 4.78 is 4.91. The Bertz CT molecular complexity index is 291. The summed E-state index contributed by atoms with van der Waals surface area (Å²) in [5, 5.41) is 11.1. The van der Waals surface area contributed by atoms with E-state index in [9.17, 15) is 9.90 Å². The van der Waals surface area contributed by atoms with E-state index in [-0.39, 0.29) is 11.4 Å². The Morgan fingerprint density at radius 2 is 2.17 bits per heavy atom. The molecule has 1 fully saturated rings. The fraction of sp³-hybridized carbons (Fsp3) is 0.929. The number of carbonyl (C=O) groups is 1. The maximum absolute atomic E-state index is 12.0. The Hall–Kier alpha value is -0.220. The van der Waals surface area contributed by atoms with Crippen molar-refractivity contribution in [3.8, 4) is 0 Å². The van der Waals surface area contributed by atoms with E-state index < -0.39 is 11.5 Å². The highest BCUT2D eigenvalue weighted by atomic mass is 32.2. The molecule has 1 rings (SSSR count). The number of ether oxygens (including phenoxy) is 1. The number of unbranched alkanes of at least 4 members (excludes halogenated alkanes) is 1. The van der Waals surface area contributed by atoms with Crippen molar-refractivity contribution in [3.05, 3.63) is 0 Å². The minimum Gasteiger partial charge on any atom is -0.469 e. The van der Waals surface area contributed by atoms with Crippen LogP contribution >= 0.6 is 11.8 Å². The van der Waals surface area contributed by atoms with Gasteiger partial charge < -0.3 is 9.84 Å². The number of methoxy groups -OCH3 is 1. The average molecular weight is 274 g/mol. The van der Waals surface area contributed by atoms with Crippen molar-refractivity contribution < 1.29 is 14.6 Å². The van der Waals surface area contributed by atoms with E-state index in [1.165, 1.54) is 7.11 Å². The van der Waals surface area contributed by atoms with Gasteiger partial charge in [-0.25, -0.2) is 0 Å². The zero-order valence-electron chi connectivity index (χ0n) is 12.0. The van der Waals surface area contributed by atoms with E-state index in [1.54, 1.807) is 11.8 Å². The van der Waals surface area contributed by atoms with Crippen LogP contribution in [0, 0.1) is 11.3 Å². The van der Waals surface area contributed by atoms with E-state index in [0.717, 1.165) is 25.0 Å². The van der Waals surface area contributed by atoms with Crippen LogP contribution in [0.1, 0.15) is 46.5 Å². The zero-order chi connectivity index (χ0) is 13.8. The molecule has 18 heavy (non-hydrogen) atoms. The second kappa shape index (κ2) is 6.29. The molecule has 3 nitrogen and oxygen atoms in total. The first-order valence-corrected chi connectivity index (χ1v) is 7.92. The van der Waals surface area contributed by atoms with Crippen LogP contribution in [-0.2, 0) is 9.53 Å². The quantitative estimate of drug-likeness (QED) is 0.783. The molecule has 1 aliphatic heterocycles. The molecule has 0 aliphatic carbocycles. The molecule has 0 saturated carbocycles. The van der Waals surface area contributed by atoms with E-state index in [1.807, 2.05) is 0 Å². The molecule has 2 atom stereocenters. The molecule has 0 aromatic rings. The summed E-state index contributed by atoms with van der Waals surface area (Å²) in [4.78, 5) is 12.0. The van der Waals surface area contributed by atoms with E-state index in [0.29, 0.717) is 12.2 Å². The lowest BCUT2D eigenvalue weighted by molar-refractivity contribution is -0.166. The largest absolute Gasteiger partial charge is 0.469 e. The van der Waals surface area contributed by atoms with Gasteiger partial charge in [-0.05, 0) is 24.0 Å². The predicted octanol–water partition coefficient (Wildman–Crippen LogP) is 2.86. The Balaban J connectivity index is 2.96. The smallest absolute Gasteiger partial charge is 0.311 e. The summed E-state index contributed by atoms with van der Waals surface area (Å²) in [6, 6.07) is 0. The lowest BCUT2D eigenvalue weighted by Gasteiger charge is -2.49. The van der Waals surface area contributed by atoms with Crippen LogP contribution in [0.25, 0.3) is 0 Å². The molecular weight excluding hydrogens is 248 g/mol. The van der Waals surface area contributed by atoms with Crippen molar-refractivity contribution in [2.45, 2.75) is 52.1 Å². The van der Waals surface area contributed by atoms with Crippen molar-refractivity contribution >= 4 is 17.7 Å². The summed E-state index contributed by atoms with van der Waals surface area (Å²) in [6.45, 7) is 6.22. The number of rotatable bonds is 5. The summed E-state index contributed by atoms with van der Waals surface area (Å²) >= 11 is 1.74. The second-order valence-electron chi connectivity index (χ2n) is 5.83. The number of esters is 1. The number of hydrogen-bond donors (Lipinski definition) is 1. The summed E-state index contributed by atoms with van der Waals surface area (Å²) in [7, 11) is 1.41. The van der Waals surface area contributed by atoms with E-state index in [4.69, 9.17) is 4.74 Å². The Labute approximate surface area is 115 Å². The number of thioether (sulfide) groups is 1. The molecular formula is C14H26O3S. The van der Waals surface area contributed by atoms with Gasteiger partial charge in [-0.15, -0.1) is 0 Å². The minimum absolute atomic E-state index is 0.231. The SMILES string of the molecule is CCCCC(C(=O)OC)C1(O)CSCCC1(C)C. The van der Waals surface area contributed by atoms with Gasteiger partial charge in [-0.2, -0.15) is 11.8 Å². The van der Waals surface area contributed by atoms with Crippen LogP contribution in [0.4, 0.5) is 0 Å². The van der Waals surface area contributed by atoms with Crippen LogP contribution < -0.4 is 0 Å². The Kier molecular flexibility index (Phi) is 5.53. The normalized spacial score (nSPS) is 28.7. The predicted molar refractivity (Wildman–Crippen MR) is 75.7 cm³/mol. The van der Waals surface area contributed by atoms with Gasteiger partial charge in [0.2, 0.25) is 0 Å². The monoisotopic (exact) mass is 274 g/mol. The first-order chi connectivity index (χ1) is 8.39. The van der Waals surface area contributed by atoms with Crippen LogP contribution in [0.2, 0.25) is 0 Å². The summed E-state index contributed by atoms with van der Waals surface area (Å²) in [5.41, 5.74) is -1.18. The lowest BCUT2D eigenvalue weighted by atomic mass is 9.65. The maximum atomic E-state index is 12.0. The molecule has 106 valence electrons. The summed E-state index contributed by atoms with van der Waals surface area (Å²) in [6.07, 6.45) is 3.62. The third-order valence-corrected chi connectivity index (χ3v) is 5.41. The van der Waals surface area contributed by atoms with Gasteiger partial charge in [0.25, 0.3) is 0 Å². The van der Waals surface area contributed by atoms with Crippen molar-refractivity contribution in [2.75, 3.05) is 18.6 Å². The highest BCUT2D eigenvalue weighted by Gasteiger charge is 2.53. The van der Waals surface area contributed by atoms with Gasteiger partial charge in [-0.3, -0.25) is 4.79 Å². The minimum atomic E-state index is -0.946. The van der Waals surface area contributed by atoms with Crippen molar-refractivity contribution in [2.24, 2.45) is 11.3 Å². The average Bonchev–Trinajstić information content (AvgIpc) is 2.33. The topological polar surface area (TPSA) is 46.5 Å². The molecule has 1 aliphatic rings. The molecule has 1 N–H and O–H groups in total. The second-order valence-corrected chi connectivity index (χ2v) is 6.93. The molecule has 4 heteroatoms. The van der Waals surface area contributed by atoms with Gasteiger partial charge >= 0.3 is 5.97 Å². The maximum Gasteiger partial charge on any atom is 0.311 e. The van der Waals surface area contributed by atoms with Gasteiger partial charge in [0.15, 0.2) is 0 Å². The Morgan fingerprint density at radius 1 is 1.50 bits per heavy atom. The van der Waals surface area contributed by atoms with Crippen LogP contribution in [-0.4, -0.2) is 35.3 Å². The molecule has 0 bridgehead atoms. The molecule has 0 aromatic carbocycles. The van der Waals surface area contributed by atoms with Gasteiger partial charge in [0.1, 0.15) is 0 Å². The van der Waals surface area contributed by atoms with Gasteiger partial charge in [-0.1, -0.05) is 33.6 Å². The first kappa shape index (κ1) is 15.8. The lowest BCUT2D eigenvalue weighted by Crippen LogP contribution is -2.57. The first-order valence-electron chi connectivity index (χ1n) is 6.77. The third kappa shape index (κ3) is 3.02. The van der Waals surface area contributed by atoms with Crippen molar-refractivity contribution in [1.29, 1.82) is 0 Å². The molecule has 1 heterocycles. The highest BCUT2D eigenvalue weighted by Crippen LogP contribution is 2.48. The zero-order valence-corrected chi connectivity index (χ0v) is 12.8. The number of aliphatic hydroxyl groups is 1. The number of hydrogen-bond acceptors (Lipinski definition) is 4. The fourth-order valence-corrected chi connectivity index (χ4v) is 4.34. The molecule has 0 aromatic heterocycles. The molecule has 1 saturated heterocycles. The van der Waals surface area contributed by atoms with Crippen molar-refractivity contribution in [1.82, 2.24) is 0 Å². The van der Waals surface area contributed by atoms with E-state index in [2.05, 4.69) is 20.8 Å². The van der Waals surface area contributed by atoms with Gasteiger partial charge in [0, 0.05) is 5.75 Å². The van der Waals surface area contributed by atoms with Crippen LogP contribution in [0.5, 0.6) is 0 Å². The van der Waals surface area contributed by atoms with Crippen molar-refractivity contribution in [3.63, 3.8) is 0 Å². The Morgan fingerprint density at radius 3 is 2.67 bits per heavy atom. The number of carbonyl (C=O) groups excluding carboxylic acids is 1. The fourth-order valence-electron chi connectivity index (χ4n) is 2.64. The summed E-state index contributed by atoms with van der Waals surface area (Å²) in [5.74, 6) is 1.02. The van der Waals surface area contributed by atoms with Crippen LogP contribution in [0.15, 0.2) is 0 Å².